The summed E-state index contributed by atoms with van der Waals surface area (Å²) in [6, 6.07) is 0. The highest BCUT2D eigenvalue weighted by Crippen LogP contribution is 2.11. The van der Waals surface area contributed by atoms with Crippen molar-refractivity contribution in [1.29, 1.82) is 0 Å². The van der Waals surface area contributed by atoms with Gasteiger partial charge < -0.3 is 15.0 Å². The molecule has 0 bridgehead atoms. The molecule has 0 spiro atoms. The first kappa shape index (κ1) is 14.9. The molecule has 0 unspecified atom stereocenters. The van der Waals surface area contributed by atoms with Gasteiger partial charge in [0.2, 0.25) is 5.01 Å². The summed E-state index contributed by atoms with van der Waals surface area (Å²) >= 11 is 1.13. The molecule has 0 saturated carbocycles. The van der Waals surface area contributed by atoms with E-state index in [0.29, 0.717) is 13.2 Å². The zero-order chi connectivity index (χ0) is 14.4. The highest BCUT2D eigenvalue weighted by atomic mass is 32.1. The maximum Gasteiger partial charge on any atom is 0.367 e. The van der Waals surface area contributed by atoms with Crippen LogP contribution in [0.15, 0.2) is 5.38 Å². The number of thiazole rings is 1. The van der Waals surface area contributed by atoms with Crippen molar-refractivity contribution in [3.63, 3.8) is 0 Å². The summed E-state index contributed by atoms with van der Waals surface area (Å²) in [6.45, 7) is 5.72. The first-order valence-corrected chi connectivity index (χ1v) is 7.72. The van der Waals surface area contributed by atoms with Gasteiger partial charge in [0.15, 0.2) is 0 Å². The number of nitrogens with one attached hydrogen (secondary N) is 1. The van der Waals surface area contributed by atoms with Crippen LogP contribution in [0.3, 0.4) is 0 Å². The second-order valence-corrected chi connectivity index (χ2v) is 5.42. The number of carbonyl (C=O) groups excluding carboxylic acids is 2. The first-order chi connectivity index (χ1) is 9.70. The number of aromatic nitrogens is 1. The van der Waals surface area contributed by atoms with E-state index in [9.17, 15) is 9.59 Å². The maximum absolute atomic E-state index is 11.9. The fourth-order valence-electron chi connectivity index (χ4n) is 2.09. The lowest BCUT2D eigenvalue weighted by molar-refractivity contribution is 0.0526. The van der Waals surface area contributed by atoms with Gasteiger partial charge in [-0.3, -0.25) is 4.79 Å². The topological polar surface area (TPSA) is 71.5 Å². The minimum atomic E-state index is -0.478. The van der Waals surface area contributed by atoms with Crippen LogP contribution in [-0.2, 0) is 4.74 Å². The van der Waals surface area contributed by atoms with E-state index in [2.05, 4.69) is 15.2 Å². The highest BCUT2D eigenvalue weighted by molar-refractivity contribution is 7.11. The average molecular weight is 297 g/mol. The van der Waals surface area contributed by atoms with Crippen molar-refractivity contribution in [2.75, 3.05) is 32.8 Å². The van der Waals surface area contributed by atoms with E-state index in [0.717, 1.165) is 31.0 Å². The molecule has 110 valence electrons. The summed E-state index contributed by atoms with van der Waals surface area (Å²) in [4.78, 5) is 29.7. The molecule has 1 aromatic rings. The molecule has 2 heterocycles. The van der Waals surface area contributed by atoms with Crippen LogP contribution >= 0.6 is 11.3 Å². The lowest BCUT2D eigenvalue weighted by Crippen LogP contribution is -2.33. The smallest absolute Gasteiger partial charge is 0.367 e. The predicted molar refractivity (Wildman–Crippen MR) is 76.1 cm³/mol. The number of amides is 1. The zero-order valence-corrected chi connectivity index (χ0v) is 12.4. The van der Waals surface area contributed by atoms with E-state index in [4.69, 9.17) is 4.74 Å². The third-order valence-electron chi connectivity index (χ3n) is 3.10. The summed E-state index contributed by atoms with van der Waals surface area (Å²) < 4.78 is 4.84. The van der Waals surface area contributed by atoms with Crippen LogP contribution in [0.5, 0.6) is 0 Å². The largest absolute Gasteiger partial charge is 0.461 e. The Hall–Kier alpha value is -1.47. The molecule has 1 aromatic heterocycles. The molecule has 1 saturated heterocycles. The second kappa shape index (κ2) is 7.35. The van der Waals surface area contributed by atoms with Crippen LogP contribution in [0.25, 0.3) is 0 Å². The summed E-state index contributed by atoms with van der Waals surface area (Å²) in [5.74, 6) is -0.718. The molecule has 1 N–H and O–H groups in total. The van der Waals surface area contributed by atoms with Gasteiger partial charge in [-0.1, -0.05) is 0 Å². The summed E-state index contributed by atoms with van der Waals surface area (Å²) in [6.07, 6.45) is 2.48. The maximum atomic E-state index is 11.9. The quantitative estimate of drug-likeness (QED) is 0.797. The van der Waals surface area contributed by atoms with E-state index < -0.39 is 5.97 Å². The predicted octanol–water partition coefficient (Wildman–Crippen LogP) is 1.15. The average Bonchev–Trinajstić information content (AvgIpc) is 3.10. The molecule has 1 aliphatic rings. The van der Waals surface area contributed by atoms with Gasteiger partial charge in [0.25, 0.3) is 5.91 Å². The molecule has 7 heteroatoms. The number of nitrogens with zero attached hydrogens (tertiary/aromatic N) is 2. The van der Waals surface area contributed by atoms with Gasteiger partial charge in [-0.2, -0.15) is 0 Å². The number of rotatable bonds is 6. The van der Waals surface area contributed by atoms with Crippen LogP contribution in [0.2, 0.25) is 0 Å². The molecule has 0 radical (unpaired) electrons. The Bertz CT molecular complexity index is 469. The van der Waals surface area contributed by atoms with Crippen molar-refractivity contribution in [2.24, 2.45) is 0 Å². The Morgan fingerprint density at radius 3 is 2.90 bits per heavy atom. The van der Waals surface area contributed by atoms with Crippen LogP contribution in [0.1, 0.15) is 40.1 Å². The van der Waals surface area contributed by atoms with Crippen LogP contribution < -0.4 is 5.32 Å². The molecule has 0 atom stereocenters. The standard InChI is InChI=1S/C13H19N3O3S/c1-2-19-13(18)12-15-10(9-20-12)11(17)14-5-8-16-6-3-4-7-16/h9H,2-8H2,1H3,(H,14,17). The van der Waals surface area contributed by atoms with Crippen molar-refractivity contribution >= 4 is 23.2 Å². The molecule has 6 nitrogen and oxygen atoms in total. The Balaban J connectivity index is 1.78. The van der Waals surface area contributed by atoms with Crippen LogP contribution in [0.4, 0.5) is 0 Å². The van der Waals surface area contributed by atoms with Gasteiger partial charge in [-0.25, -0.2) is 9.78 Å². The number of hydrogen-bond acceptors (Lipinski definition) is 6. The lowest BCUT2D eigenvalue weighted by Gasteiger charge is -2.14. The third kappa shape index (κ3) is 4.01. The highest BCUT2D eigenvalue weighted by Gasteiger charge is 2.16. The number of carbonyl (C=O) groups is 2. The minimum Gasteiger partial charge on any atom is -0.461 e. The third-order valence-corrected chi connectivity index (χ3v) is 3.92. The molecular weight excluding hydrogens is 278 g/mol. The fourth-order valence-corrected chi connectivity index (χ4v) is 2.78. The van der Waals surface area contributed by atoms with Crippen molar-refractivity contribution in [1.82, 2.24) is 15.2 Å². The van der Waals surface area contributed by atoms with E-state index in [1.807, 2.05) is 0 Å². The van der Waals surface area contributed by atoms with Crippen LogP contribution in [0, 0.1) is 0 Å². The van der Waals surface area contributed by atoms with Gasteiger partial charge >= 0.3 is 5.97 Å². The van der Waals surface area contributed by atoms with E-state index >= 15 is 0 Å². The SMILES string of the molecule is CCOC(=O)c1nc(C(=O)NCCN2CCCC2)cs1. The molecule has 1 fully saturated rings. The lowest BCUT2D eigenvalue weighted by atomic mass is 10.4. The first-order valence-electron chi connectivity index (χ1n) is 6.84. The van der Waals surface area contributed by atoms with E-state index in [1.54, 1.807) is 12.3 Å². The van der Waals surface area contributed by atoms with Gasteiger partial charge in [0, 0.05) is 18.5 Å². The summed E-state index contributed by atoms with van der Waals surface area (Å²) in [7, 11) is 0. The molecule has 0 aromatic carbocycles. The monoisotopic (exact) mass is 297 g/mol. The molecule has 0 aliphatic carbocycles. The summed E-state index contributed by atoms with van der Waals surface area (Å²) in [5, 5.41) is 4.62. The fraction of sp³-hybridized carbons (Fsp3) is 0.615. The Morgan fingerprint density at radius 2 is 2.20 bits per heavy atom. The second-order valence-electron chi connectivity index (χ2n) is 4.56. The summed E-state index contributed by atoms with van der Waals surface area (Å²) in [5.41, 5.74) is 0.277. The minimum absolute atomic E-state index is 0.219. The van der Waals surface area contributed by atoms with Gasteiger partial charge in [-0.15, -0.1) is 11.3 Å². The zero-order valence-electron chi connectivity index (χ0n) is 11.6. The number of hydrogen-bond donors (Lipinski definition) is 1. The molecule has 20 heavy (non-hydrogen) atoms. The van der Waals surface area contributed by atoms with Crippen LogP contribution in [-0.4, -0.2) is 54.5 Å². The van der Waals surface area contributed by atoms with E-state index in [1.165, 1.54) is 12.8 Å². The van der Waals surface area contributed by atoms with Crippen molar-refractivity contribution < 1.29 is 14.3 Å². The van der Waals surface area contributed by atoms with Crippen molar-refractivity contribution in [3.8, 4) is 0 Å². The molecular formula is C13H19N3O3S. The van der Waals surface area contributed by atoms with E-state index in [-0.39, 0.29) is 16.6 Å². The number of likely N-dealkylation sites (tertiary alicyclic amines) is 1. The van der Waals surface area contributed by atoms with Gasteiger partial charge in [0.1, 0.15) is 5.69 Å². The molecule has 1 aliphatic heterocycles. The van der Waals surface area contributed by atoms with Crippen molar-refractivity contribution in [3.05, 3.63) is 16.1 Å². The number of ether oxygens (including phenoxy) is 1. The Labute approximate surface area is 122 Å². The van der Waals surface area contributed by atoms with Gasteiger partial charge in [-0.05, 0) is 32.9 Å². The Kier molecular flexibility index (Phi) is 5.49. The van der Waals surface area contributed by atoms with Crippen molar-refractivity contribution in [2.45, 2.75) is 19.8 Å². The number of esters is 1. The Morgan fingerprint density at radius 1 is 1.45 bits per heavy atom. The molecule has 1 amide bonds. The molecule has 2 rings (SSSR count). The van der Waals surface area contributed by atoms with Gasteiger partial charge in [0.05, 0.1) is 6.61 Å². The normalized spacial score (nSPS) is 15.2.